The van der Waals surface area contributed by atoms with Gasteiger partial charge in [-0.25, -0.2) is 9.18 Å². The Kier molecular flexibility index (Phi) is 5.87. The molecule has 6 heteroatoms. The highest BCUT2D eigenvalue weighted by molar-refractivity contribution is 9.10. The molecule has 1 N–H and O–H groups in total. The number of benzene rings is 2. The lowest BCUT2D eigenvalue weighted by Gasteiger charge is -2.08. The second kappa shape index (κ2) is 7.87. The van der Waals surface area contributed by atoms with E-state index in [1.165, 1.54) is 19.1 Å². The maximum Gasteiger partial charge on any atom is 0.338 e. The third-order valence-corrected chi connectivity index (χ3v) is 3.84. The molecule has 0 atom stereocenters. The van der Waals surface area contributed by atoms with E-state index in [0.29, 0.717) is 22.1 Å². The van der Waals surface area contributed by atoms with E-state index in [9.17, 15) is 14.0 Å². The average molecular weight is 380 g/mol. The van der Waals surface area contributed by atoms with E-state index in [1.54, 1.807) is 30.3 Å². The van der Waals surface area contributed by atoms with Gasteiger partial charge < -0.3 is 10.1 Å². The molecule has 2 aromatic rings. The van der Waals surface area contributed by atoms with Crippen molar-refractivity contribution in [2.45, 2.75) is 20.1 Å². The largest absolute Gasteiger partial charge is 0.457 e. The summed E-state index contributed by atoms with van der Waals surface area (Å²) in [6.45, 7) is 1.90. The SMILES string of the molecule is CC(=O)NCc1ccc(C(=O)OCc2ccc(F)cc2Br)cc1. The Morgan fingerprint density at radius 3 is 2.48 bits per heavy atom. The maximum atomic E-state index is 13.0. The van der Waals surface area contributed by atoms with Gasteiger partial charge in [-0.1, -0.05) is 34.1 Å². The van der Waals surface area contributed by atoms with Gasteiger partial charge in [0.1, 0.15) is 12.4 Å². The Morgan fingerprint density at radius 1 is 1.17 bits per heavy atom. The maximum absolute atomic E-state index is 13.0. The number of ether oxygens (including phenoxy) is 1. The minimum Gasteiger partial charge on any atom is -0.457 e. The molecule has 0 aliphatic heterocycles. The zero-order chi connectivity index (χ0) is 16.8. The van der Waals surface area contributed by atoms with Crippen LogP contribution in [0.1, 0.15) is 28.4 Å². The van der Waals surface area contributed by atoms with Crippen molar-refractivity contribution in [1.82, 2.24) is 5.32 Å². The van der Waals surface area contributed by atoms with Crippen molar-refractivity contribution in [3.05, 3.63) is 69.4 Å². The van der Waals surface area contributed by atoms with Crippen molar-refractivity contribution >= 4 is 27.8 Å². The molecule has 2 aromatic carbocycles. The molecule has 0 aliphatic carbocycles. The molecular weight excluding hydrogens is 365 g/mol. The van der Waals surface area contributed by atoms with Gasteiger partial charge in [0, 0.05) is 23.5 Å². The van der Waals surface area contributed by atoms with Crippen molar-refractivity contribution in [3.8, 4) is 0 Å². The number of carbonyl (C=O) groups excluding carboxylic acids is 2. The zero-order valence-electron chi connectivity index (χ0n) is 12.4. The summed E-state index contributed by atoms with van der Waals surface area (Å²) in [6.07, 6.45) is 0. The number of hydrogen-bond donors (Lipinski definition) is 1. The zero-order valence-corrected chi connectivity index (χ0v) is 14.0. The summed E-state index contributed by atoms with van der Waals surface area (Å²) in [5.41, 5.74) is 1.98. The molecule has 0 radical (unpaired) electrons. The van der Waals surface area contributed by atoms with Crippen LogP contribution in [0.15, 0.2) is 46.9 Å². The number of amides is 1. The minimum absolute atomic E-state index is 0.0489. The van der Waals surface area contributed by atoms with Gasteiger partial charge in [-0.3, -0.25) is 4.79 Å². The molecule has 0 aromatic heterocycles. The van der Waals surface area contributed by atoms with Gasteiger partial charge in [-0.05, 0) is 29.8 Å². The van der Waals surface area contributed by atoms with E-state index >= 15 is 0 Å². The molecule has 120 valence electrons. The predicted molar refractivity (Wildman–Crippen MR) is 87.2 cm³/mol. The lowest BCUT2D eigenvalue weighted by atomic mass is 10.1. The number of halogens is 2. The van der Waals surface area contributed by atoms with Gasteiger partial charge in [0.2, 0.25) is 5.91 Å². The van der Waals surface area contributed by atoms with Crippen LogP contribution < -0.4 is 5.32 Å². The van der Waals surface area contributed by atoms with Crippen LogP contribution in [0.2, 0.25) is 0 Å². The van der Waals surface area contributed by atoms with Crippen molar-refractivity contribution in [2.75, 3.05) is 0 Å². The van der Waals surface area contributed by atoms with Crippen molar-refractivity contribution in [2.24, 2.45) is 0 Å². The van der Waals surface area contributed by atoms with Gasteiger partial charge in [0.25, 0.3) is 0 Å². The van der Waals surface area contributed by atoms with Gasteiger partial charge in [0.05, 0.1) is 5.56 Å². The van der Waals surface area contributed by atoms with Crippen LogP contribution in [0.25, 0.3) is 0 Å². The summed E-state index contributed by atoms with van der Waals surface area (Å²) in [5.74, 6) is -0.938. The summed E-state index contributed by atoms with van der Waals surface area (Å²) >= 11 is 3.23. The highest BCUT2D eigenvalue weighted by Crippen LogP contribution is 2.19. The van der Waals surface area contributed by atoms with Gasteiger partial charge in [0.15, 0.2) is 0 Å². The van der Waals surface area contributed by atoms with Crippen LogP contribution in [0.4, 0.5) is 4.39 Å². The number of carbonyl (C=O) groups is 2. The summed E-state index contributed by atoms with van der Waals surface area (Å²) in [6, 6.07) is 11.0. The van der Waals surface area contributed by atoms with E-state index in [-0.39, 0.29) is 18.3 Å². The van der Waals surface area contributed by atoms with Gasteiger partial charge >= 0.3 is 5.97 Å². The first-order chi connectivity index (χ1) is 11.0. The first-order valence-electron chi connectivity index (χ1n) is 6.90. The molecule has 4 nitrogen and oxygen atoms in total. The first kappa shape index (κ1) is 17.1. The lowest BCUT2D eigenvalue weighted by molar-refractivity contribution is -0.119. The Balaban J connectivity index is 1.94. The van der Waals surface area contributed by atoms with E-state index in [2.05, 4.69) is 21.2 Å². The normalized spacial score (nSPS) is 10.2. The topological polar surface area (TPSA) is 55.4 Å². The molecule has 0 saturated carbocycles. The second-order valence-electron chi connectivity index (χ2n) is 4.92. The number of rotatable bonds is 5. The van der Waals surface area contributed by atoms with Gasteiger partial charge in [-0.15, -0.1) is 0 Å². The number of hydrogen-bond acceptors (Lipinski definition) is 3. The second-order valence-corrected chi connectivity index (χ2v) is 5.77. The summed E-state index contributed by atoms with van der Waals surface area (Å²) in [7, 11) is 0. The van der Waals surface area contributed by atoms with Gasteiger partial charge in [-0.2, -0.15) is 0 Å². The fraction of sp³-hybridized carbons (Fsp3) is 0.176. The average Bonchev–Trinajstić information content (AvgIpc) is 2.52. The monoisotopic (exact) mass is 379 g/mol. The molecule has 0 unspecified atom stereocenters. The highest BCUT2D eigenvalue weighted by atomic mass is 79.9. The van der Waals surface area contributed by atoms with Crippen LogP contribution in [0, 0.1) is 5.82 Å². The van der Waals surface area contributed by atoms with E-state index in [4.69, 9.17) is 4.74 Å². The summed E-state index contributed by atoms with van der Waals surface area (Å²) in [4.78, 5) is 22.8. The fourth-order valence-electron chi connectivity index (χ4n) is 1.85. The van der Waals surface area contributed by atoms with Crippen LogP contribution in [-0.2, 0) is 22.7 Å². The van der Waals surface area contributed by atoms with Crippen LogP contribution in [0.3, 0.4) is 0 Å². The van der Waals surface area contributed by atoms with E-state index < -0.39 is 5.97 Å². The molecule has 0 fully saturated rings. The fourth-order valence-corrected chi connectivity index (χ4v) is 2.32. The molecule has 0 aliphatic rings. The Labute approximate surface area is 141 Å². The Morgan fingerprint density at radius 2 is 1.87 bits per heavy atom. The molecule has 0 bridgehead atoms. The lowest BCUT2D eigenvalue weighted by Crippen LogP contribution is -2.18. The van der Waals surface area contributed by atoms with Crippen molar-refractivity contribution in [3.63, 3.8) is 0 Å². The molecule has 23 heavy (non-hydrogen) atoms. The van der Waals surface area contributed by atoms with Crippen LogP contribution in [-0.4, -0.2) is 11.9 Å². The van der Waals surface area contributed by atoms with Crippen molar-refractivity contribution in [1.29, 1.82) is 0 Å². The van der Waals surface area contributed by atoms with E-state index in [0.717, 1.165) is 5.56 Å². The Hall–Kier alpha value is -2.21. The highest BCUT2D eigenvalue weighted by Gasteiger charge is 2.09. The smallest absolute Gasteiger partial charge is 0.338 e. The standard InChI is InChI=1S/C17H15BrFNO3/c1-11(21)20-9-12-2-4-13(5-3-12)17(22)23-10-14-6-7-15(19)8-16(14)18/h2-8H,9-10H2,1H3,(H,20,21). The van der Waals surface area contributed by atoms with Crippen LogP contribution in [0.5, 0.6) is 0 Å². The van der Waals surface area contributed by atoms with E-state index in [1.807, 2.05) is 0 Å². The molecule has 0 spiro atoms. The van der Waals surface area contributed by atoms with Crippen LogP contribution >= 0.6 is 15.9 Å². The number of esters is 1. The van der Waals surface area contributed by atoms with Crippen molar-refractivity contribution < 1.29 is 18.7 Å². The molecule has 2 rings (SSSR count). The first-order valence-corrected chi connectivity index (χ1v) is 7.69. The molecular formula is C17H15BrFNO3. The quantitative estimate of drug-likeness (QED) is 0.807. The molecule has 0 saturated heterocycles. The predicted octanol–water partition coefficient (Wildman–Crippen LogP) is 3.58. The number of nitrogens with one attached hydrogen (secondary N) is 1. The molecule has 0 heterocycles. The Bertz CT molecular complexity index is 716. The molecule has 1 amide bonds. The third-order valence-electron chi connectivity index (χ3n) is 3.10. The minimum atomic E-state index is -0.465. The third kappa shape index (κ3) is 5.17. The summed E-state index contributed by atoms with van der Waals surface area (Å²) < 4.78 is 18.8. The summed E-state index contributed by atoms with van der Waals surface area (Å²) in [5, 5.41) is 2.68.